The van der Waals surface area contributed by atoms with Crippen molar-refractivity contribution in [2.75, 3.05) is 0 Å². The smallest absolute Gasteiger partial charge is 0.157 e. The summed E-state index contributed by atoms with van der Waals surface area (Å²) in [5.74, 6) is 0. The maximum absolute atomic E-state index is 6.72. The lowest BCUT2D eigenvalue weighted by Gasteiger charge is -2.18. The van der Waals surface area contributed by atoms with Crippen LogP contribution in [0.5, 0.6) is 0 Å². The average molecular weight is 360 g/mol. The molecule has 0 N–H and O–H groups in total. The standard InChI is InChI=1S/C12H24Cl2S2Si2/c1-3-17(13)7-5-11(9-17)15-16-12-6-8-18(14,4-2)10-12/h11-12H,3-10H2,1-2H3. The molecule has 106 valence electrons. The maximum Gasteiger partial charge on any atom is 0.157 e. The van der Waals surface area contributed by atoms with Crippen LogP contribution >= 0.6 is 43.7 Å². The molecule has 0 nitrogen and oxygen atoms in total. The zero-order chi connectivity index (χ0) is 13.2. The van der Waals surface area contributed by atoms with E-state index < -0.39 is 14.8 Å². The van der Waals surface area contributed by atoms with Gasteiger partial charge in [0.1, 0.15) is 0 Å². The van der Waals surface area contributed by atoms with E-state index in [1.165, 1.54) is 49.1 Å². The quantitative estimate of drug-likeness (QED) is 0.320. The first kappa shape index (κ1) is 16.1. The lowest BCUT2D eigenvalue weighted by Crippen LogP contribution is -2.21. The third-order valence-electron chi connectivity index (χ3n) is 4.61. The van der Waals surface area contributed by atoms with Crippen LogP contribution in [0.15, 0.2) is 0 Å². The summed E-state index contributed by atoms with van der Waals surface area (Å²) in [6.07, 6.45) is 2.73. The van der Waals surface area contributed by atoms with Crippen LogP contribution in [0.2, 0.25) is 36.3 Å². The van der Waals surface area contributed by atoms with Crippen LogP contribution in [-0.2, 0) is 0 Å². The van der Waals surface area contributed by atoms with E-state index in [9.17, 15) is 0 Å². The number of hydrogen-bond acceptors (Lipinski definition) is 2. The van der Waals surface area contributed by atoms with Crippen LogP contribution in [0, 0.1) is 0 Å². The van der Waals surface area contributed by atoms with E-state index in [0.717, 1.165) is 10.5 Å². The van der Waals surface area contributed by atoms with Crippen molar-refractivity contribution >= 4 is 58.5 Å². The number of halogens is 2. The molecule has 0 aromatic carbocycles. The van der Waals surface area contributed by atoms with E-state index >= 15 is 0 Å². The van der Waals surface area contributed by atoms with Crippen LogP contribution in [-0.4, -0.2) is 25.3 Å². The Balaban J connectivity index is 1.71. The molecule has 0 aromatic heterocycles. The SMILES string of the molecule is CC[Si]1(Cl)CCC(SSC2CC[Si](Cl)(CC)C2)C1. The molecule has 18 heavy (non-hydrogen) atoms. The highest BCUT2D eigenvalue weighted by atomic mass is 35.6. The van der Waals surface area contributed by atoms with Gasteiger partial charge >= 0.3 is 0 Å². The van der Waals surface area contributed by atoms with Gasteiger partial charge in [0.25, 0.3) is 0 Å². The molecule has 0 amide bonds. The summed E-state index contributed by atoms with van der Waals surface area (Å²) in [5.41, 5.74) is 0. The van der Waals surface area contributed by atoms with E-state index in [4.69, 9.17) is 22.2 Å². The minimum absolute atomic E-state index is 0.840. The Labute approximate surface area is 131 Å². The molecule has 4 unspecified atom stereocenters. The van der Waals surface area contributed by atoms with Crippen molar-refractivity contribution in [2.24, 2.45) is 0 Å². The molecule has 0 saturated carbocycles. The fourth-order valence-corrected chi connectivity index (χ4v) is 17.2. The van der Waals surface area contributed by atoms with Gasteiger partial charge in [-0.05, 0) is 49.1 Å². The highest BCUT2D eigenvalue weighted by Crippen LogP contribution is 2.51. The molecular formula is C12H24Cl2S2Si2. The topological polar surface area (TPSA) is 0 Å². The first-order valence-electron chi connectivity index (χ1n) is 7.18. The van der Waals surface area contributed by atoms with E-state index in [0.29, 0.717) is 0 Å². The van der Waals surface area contributed by atoms with E-state index in [1.54, 1.807) is 0 Å². The van der Waals surface area contributed by atoms with Gasteiger partial charge in [-0.3, -0.25) is 0 Å². The van der Waals surface area contributed by atoms with E-state index in [2.05, 4.69) is 35.4 Å². The van der Waals surface area contributed by atoms with Crippen LogP contribution in [0.1, 0.15) is 26.7 Å². The van der Waals surface area contributed by atoms with Gasteiger partial charge < -0.3 is 0 Å². The molecule has 4 atom stereocenters. The van der Waals surface area contributed by atoms with Crippen LogP contribution in [0.3, 0.4) is 0 Å². The van der Waals surface area contributed by atoms with Crippen molar-refractivity contribution in [3.05, 3.63) is 0 Å². The second-order valence-electron chi connectivity index (χ2n) is 5.93. The Morgan fingerprint density at radius 3 is 1.56 bits per heavy atom. The molecule has 0 aliphatic carbocycles. The van der Waals surface area contributed by atoms with Crippen LogP contribution in [0.25, 0.3) is 0 Å². The molecule has 2 aliphatic rings. The molecule has 2 fully saturated rings. The van der Waals surface area contributed by atoms with E-state index in [-0.39, 0.29) is 0 Å². The molecular weight excluding hydrogens is 335 g/mol. The lowest BCUT2D eigenvalue weighted by atomic mass is 10.4. The van der Waals surface area contributed by atoms with Gasteiger partial charge in [0.2, 0.25) is 0 Å². The highest BCUT2D eigenvalue weighted by Gasteiger charge is 2.41. The minimum atomic E-state index is -1.31. The highest BCUT2D eigenvalue weighted by molar-refractivity contribution is 8.77. The van der Waals surface area contributed by atoms with Gasteiger partial charge in [-0.15, -0.1) is 0 Å². The predicted octanol–water partition coefficient (Wildman–Crippen LogP) is 6.32. The first-order chi connectivity index (χ1) is 8.49. The van der Waals surface area contributed by atoms with Gasteiger partial charge in [0, 0.05) is 10.5 Å². The fourth-order valence-electron chi connectivity index (χ4n) is 3.03. The predicted molar refractivity (Wildman–Crippen MR) is 95.4 cm³/mol. The molecule has 2 saturated heterocycles. The Kier molecular flexibility index (Phi) is 5.95. The van der Waals surface area contributed by atoms with Crippen LogP contribution in [0.4, 0.5) is 0 Å². The average Bonchev–Trinajstić information content (AvgIpc) is 2.93. The second kappa shape index (κ2) is 6.65. The molecule has 2 aliphatic heterocycles. The van der Waals surface area contributed by atoms with Gasteiger partial charge in [-0.1, -0.05) is 35.4 Å². The number of rotatable bonds is 5. The molecule has 0 aromatic rings. The normalized spacial score (nSPS) is 44.7. The summed E-state index contributed by atoms with van der Waals surface area (Å²) in [4.78, 5) is 0. The summed E-state index contributed by atoms with van der Waals surface area (Å²) in [7, 11) is 1.65. The molecule has 0 spiro atoms. The fraction of sp³-hybridized carbons (Fsp3) is 1.00. The molecule has 0 bridgehead atoms. The summed E-state index contributed by atoms with van der Waals surface area (Å²) in [6, 6.07) is 7.88. The van der Waals surface area contributed by atoms with Crippen molar-refractivity contribution in [3.8, 4) is 0 Å². The van der Waals surface area contributed by atoms with E-state index in [1.807, 2.05) is 0 Å². The molecule has 6 heteroatoms. The maximum atomic E-state index is 6.72. The zero-order valence-electron chi connectivity index (χ0n) is 11.4. The molecule has 2 heterocycles. The summed E-state index contributed by atoms with van der Waals surface area (Å²) in [5, 5.41) is 1.68. The van der Waals surface area contributed by atoms with Crippen molar-refractivity contribution in [1.29, 1.82) is 0 Å². The summed E-state index contributed by atoms with van der Waals surface area (Å²) in [6.45, 7) is 4.57. The van der Waals surface area contributed by atoms with Gasteiger partial charge in [-0.2, -0.15) is 22.2 Å². The van der Waals surface area contributed by atoms with Crippen molar-refractivity contribution in [1.82, 2.24) is 0 Å². The number of hydrogen-bond donors (Lipinski definition) is 0. The lowest BCUT2D eigenvalue weighted by molar-refractivity contribution is 0.954. The van der Waals surface area contributed by atoms with Gasteiger partial charge in [-0.25, -0.2) is 0 Å². The third kappa shape index (κ3) is 4.11. The van der Waals surface area contributed by atoms with Crippen molar-refractivity contribution in [3.63, 3.8) is 0 Å². The molecule has 0 radical (unpaired) electrons. The Hall–Kier alpha value is 1.71. The second-order valence-corrected chi connectivity index (χ2v) is 21.4. The zero-order valence-corrected chi connectivity index (χ0v) is 16.5. The van der Waals surface area contributed by atoms with Crippen LogP contribution < -0.4 is 0 Å². The Bertz CT molecular complexity index is 267. The Morgan fingerprint density at radius 2 is 1.28 bits per heavy atom. The third-order valence-corrected chi connectivity index (χ3v) is 19.6. The van der Waals surface area contributed by atoms with Gasteiger partial charge in [0.05, 0.1) is 0 Å². The largest absolute Gasteiger partial charge is 0.167 e. The van der Waals surface area contributed by atoms with Crippen molar-refractivity contribution < 1.29 is 0 Å². The minimum Gasteiger partial charge on any atom is -0.167 e. The molecule has 2 rings (SSSR count). The van der Waals surface area contributed by atoms with Gasteiger partial charge in [0.15, 0.2) is 14.8 Å². The van der Waals surface area contributed by atoms with Crippen molar-refractivity contribution in [2.45, 2.75) is 73.5 Å². The first-order valence-corrected chi connectivity index (χ1v) is 16.7. The monoisotopic (exact) mass is 358 g/mol. The summed E-state index contributed by atoms with van der Waals surface area (Å²) >= 11 is 13.4. The Morgan fingerprint density at radius 1 is 0.889 bits per heavy atom. The summed E-state index contributed by atoms with van der Waals surface area (Å²) < 4.78 is 0.